The van der Waals surface area contributed by atoms with Gasteiger partial charge in [-0.05, 0) is 25.0 Å². The molecule has 1 saturated carbocycles. The maximum atomic E-state index is 12.3. The van der Waals surface area contributed by atoms with Crippen molar-refractivity contribution in [3.63, 3.8) is 0 Å². The van der Waals surface area contributed by atoms with Crippen LogP contribution in [0.25, 0.3) is 0 Å². The molecule has 1 amide bonds. The van der Waals surface area contributed by atoms with Crippen molar-refractivity contribution in [1.29, 1.82) is 0 Å². The van der Waals surface area contributed by atoms with Gasteiger partial charge in [0.25, 0.3) is 0 Å². The Balaban J connectivity index is 0.00000200. The van der Waals surface area contributed by atoms with Crippen LogP contribution in [0.15, 0.2) is 0 Å². The lowest BCUT2D eigenvalue weighted by Gasteiger charge is -2.28. The third-order valence-electron chi connectivity index (χ3n) is 4.12. The van der Waals surface area contributed by atoms with Crippen molar-refractivity contribution in [2.24, 2.45) is 0 Å². The summed E-state index contributed by atoms with van der Waals surface area (Å²) in [6.45, 7) is 3.27. The molecule has 0 aromatic heterocycles. The molecule has 0 aromatic rings. The SMILES string of the molecule is CCSC1CCC(N(C)C(=O)CC2CSCCN2)C1.Cl. The number of hydrogen-bond donors (Lipinski definition) is 1. The van der Waals surface area contributed by atoms with E-state index < -0.39 is 0 Å². The number of thioether (sulfide) groups is 2. The Bertz CT molecular complexity index is 301. The van der Waals surface area contributed by atoms with E-state index in [1.807, 2.05) is 23.7 Å². The largest absolute Gasteiger partial charge is 0.343 e. The van der Waals surface area contributed by atoms with E-state index in [0.717, 1.165) is 17.5 Å². The van der Waals surface area contributed by atoms with E-state index in [4.69, 9.17) is 0 Å². The summed E-state index contributed by atoms with van der Waals surface area (Å²) < 4.78 is 0. The maximum Gasteiger partial charge on any atom is 0.224 e. The van der Waals surface area contributed by atoms with Crippen molar-refractivity contribution in [2.45, 2.75) is 49.9 Å². The molecule has 0 radical (unpaired) electrons. The highest BCUT2D eigenvalue weighted by Crippen LogP contribution is 2.32. The smallest absolute Gasteiger partial charge is 0.224 e. The summed E-state index contributed by atoms with van der Waals surface area (Å²) in [7, 11) is 2.00. The van der Waals surface area contributed by atoms with Gasteiger partial charge in [-0.2, -0.15) is 23.5 Å². The molecule has 0 aromatic carbocycles. The molecule has 0 spiro atoms. The maximum absolute atomic E-state index is 12.3. The van der Waals surface area contributed by atoms with Crippen molar-refractivity contribution < 1.29 is 4.79 Å². The lowest BCUT2D eigenvalue weighted by molar-refractivity contribution is -0.132. The second-order valence-corrected chi connectivity index (χ2v) is 8.21. The van der Waals surface area contributed by atoms with E-state index in [-0.39, 0.29) is 12.4 Å². The fourth-order valence-corrected chi connectivity index (χ4v) is 5.05. The number of hydrogen-bond acceptors (Lipinski definition) is 4. The first-order valence-electron chi connectivity index (χ1n) is 7.39. The van der Waals surface area contributed by atoms with E-state index in [9.17, 15) is 4.79 Å². The van der Waals surface area contributed by atoms with Crippen LogP contribution in [0.1, 0.15) is 32.6 Å². The van der Waals surface area contributed by atoms with Gasteiger partial charge in [0.05, 0.1) is 0 Å². The first-order valence-corrected chi connectivity index (χ1v) is 9.59. The van der Waals surface area contributed by atoms with E-state index in [1.165, 1.54) is 30.8 Å². The number of carbonyl (C=O) groups is 1. The Hall–Kier alpha value is 0.420. The molecule has 1 N–H and O–H groups in total. The van der Waals surface area contributed by atoms with Gasteiger partial charge >= 0.3 is 0 Å². The molecular weight excluding hydrogens is 312 g/mol. The van der Waals surface area contributed by atoms with Crippen LogP contribution in [0.3, 0.4) is 0 Å². The minimum absolute atomic E-state index is 0. The Morgan fingerprint density at radius 1 is 1.45 bits per heavy atom. The molecule has 1 aliphatic carbocycles. The molecule has 3 atom stereocenters. The van der Waals surface area contributed by atoms with Crippen molar-refractivity contribution in [3.8, 4) is 0 Å². The number of rotatable bonds is 5. The van der Waals surface area contributed by atoms with Crippen LogP contribution in [0.5, 0.6) is 0 Å². The minimum Gasteiger partial charge on any atom is -0.343 e. The zero-order valence-electron chi connectivity index (χ0n) is 12.5. The normalized spacial score (nSPS) is 29.8. The van der Waals surface area contributed by atoms with Crippen LogP contribution >= 0.6 is 35.9 Å². The fraction of sp³-hybridized carbons (Fsp3) is 0.929. The molecule has 118 valence electrons. The fourth-order valence-electron chi connectivity index (χ4n) is 2.97. The van der Waals surface area contributed by atoms with Gasteiger partial charge in [0.2, 0.25) is 5.91 Å². The summed E-state index contributed by atoms with van der Waals surface area (Å²) >= 11 is 4.01. The second-order valence-electron chi connectivity index (χ2n) is 5.48. The van der Waals surface area contributed by atoms with Gasteiger partial charge in [0.1, 0.15) is 0 Å². The van der Waals surface area contributed by atoms with Crippen molar-refractivity contribution in [2.75, 3.05) is 30.9 Å². The standard InChI is InChI=1S/C14H26N2OS2.ClH/c1-3-19-13-5-4-12(9-13)16(2)14(17)8-11-10-18-7-6-15-11;/h11-13,15H,3-10H2,1-2H3;1H. The van der Waals surface area contributed by atoms with E-state index >= 15 is 0 Å². The summed E-state index contributed by atoms with van der Waals surface area (Å²) in [5.74, 6) is 3.78. The molecule has 20 heavy (non-hydrogen) atoms. The van der Waals surface area contributed by atoms with Gasteiger partial charge in [-0.25, -0.2) is 0 Å². The summed E-state index contributed by atoms with van der Waals surface area (Å²) in [6, 6.07) is 0.865. The molecule has 2 rings (SSSR count). The first-order chi connectivity index (χ1) is 9.20. The first kappa shape index (κ1) is 18.5. The van der Waals surface area contributed by atoms with E-state index in [1.54, 1.807) is 0 Å². The van der Waals surface area contributed by atoms with Gasteiger partial charge in [-0.1, -0.05) is 6.92 Å². The van der Waals surface area contributed by atoms with Gasteiger partial charge < -0.3 is 10.2 Å². The van der Waals surface area contributed by atoms with Crippen LogP contribution in [-0.2, 0) is 4.79 Å². The molecule has 0 bridgehead atoms. The zero-order chi connectivity index (χ0) is 13.7. The van der Waals surface area contributed by atoms with Crippen molar-refractivity contribution >= 4 is 41.8 Å². The molecular formula is C14H27ClN2OS2. The van der Waals surface area contributed by atoms with Crippen LogP contribution in [0.4, 0.5) is 0 Å². The van der Waals surface area contributed by atoms with Crippen LogP contribution in [-0.4, -0.2) is 59.0 Å². The molecule has 1 heterocycles. The number of amides is 1. The molecule has 6 heteroatoms. The van der Waals surface area contributed by atoms with Crippen LogP contribution in [0.2, 0.25) is 0 Å². The van der Waals surface area contributed by atoms with Crippen molar-refractivity contribution in [1.82, 2.24) is 10.2 Å². The van der Waals surface area contributed by atoms with Crippen molar-refractivity contribution in [3.05, 3.63) is 0 Å². The highest BCUT2D eigenvalue weighted by atomic mass is 35.5. The number of nitrogens with zero attached hydrogens (tertiary/aromatic N) is 1. The van der Waals surface area contributed by atoms with Crippen LogP contribution < -0.4 is 5.32 Å². The second kappa shape index (κ2) is 9.44. The summed E-state index contributed by atoms with van der Waals surface area (Å²) in [6.07, 6.45) is 4.32. The molecule has 2 aliphatic rings. The Kier molecular flexibility index (Phi) is 8.72. The van der Waals surface area contributed by atoms with Crippen LogP contribution in [0, 0.1) is 0 Å². The predicted octanol–water partition coefficient (Wildman–Crippen LogP) is 2.64. The lowest BCUT2D eigenvalue weighted by Crippen LogP contribution is -2.43. The Morgan fingerprint density at radius 2 is 2.25 bits per heavy atom. The Morgan fingerprint density at radius 3 is 2.90 bits per heavy atom. The van der Waals surface area contributed by atoms with E-state index in [2.05, 4.69) is 24.0 Å². The number of carbonyl (C=O) groups excluding carboxylic acids is 1. The van der Waals surface area contributed by atoms with Gasteiger partial charge in [0, 0.05) is 48.9 Å². The number of halogens is 1. The quantitative estimate of drug-likeness (QED) is 0.835. The lowest BCUT2D eigenvalue weighted by atomic mass is 10.1. The highest BCUT2D eigenvalue weighted by molar-refractivity contribution is 7.99. The minimum atomic E-state index is 0. The monoisotopic (exact) mass is 338 g/mol. The molecule has 3 nitrogen and oxygen atoms in total. The highest BCUT2D eigenvalue weighted by Gasteiger charge is 2.30. The van der Waals surface area contributed by atoms with Gasteiger partial charge in [0.15, 0.2) is 0 Å². The van der Waals surface area contributed by atoms with Gasteiger partial charge in [-0.15, -0.1) is 12.4 Å². The third kappa shape index (κ3) is 5.32. The molecule has 1 aliphatic heterocycles. The molecule has 3 unspecified atom stereocenters. The predicted molar refractivity (Wildman–Crippen MR) is 93.3 cm³/mol. The average Bonchev–Trinajstić information content (AvgIpc) is 2.88. The molecule has 2 fully saturated rings. The van der Waals surface area contributed by atoms with E-state index in [0.29, 0.717) is 24.4 Å². The summed E-state index contributed by atoms with van der Waals surface area (Å²) in [5.41, 5.74) is 0. The third-order valence-corrected chi connectivity index (χ3v) is 6.48. The summed E-state index contributed by atoms with van der Waals surface area (Å²) in [4.78, 5) is 14.4. The summed E-state index contributed by atoms with van der Waals surface area (Å²) in [5, 5.41) is 4.22. The van der Waals surface area contributed by atoms with Gasteiger partial charge in [-0.3, -0.25) is 4.79 Å². The number of nitrogens with one attached hydrogen (secondary N) is 1. The zero-order valence-corrected chi connectivity index (χ0v) is 14.9. The average molecular weight is 339 g/mol. The molecule has 1 saturated heterocycles. The Labute approximate surface area is 137 Å². The topological polar surface area (TPSA) is 32.3 Å².